The molecule has 1 atom stereocenters. The number of esters is 1. The molecule has 0 N–H and O–H groups in total. The largest absolute Gasteiger partial charge is 0.491 e. The monoisotopic (exact) mass is 481 g/mol. The van der Waals surface area contributed by atoms with Crippen molar-refractivity contribution in [2.75, 3.05) is 0 Å². The van der Waals surface area contributed by atoms with E-state index in [2.05, 4.69) is 34.5 Å². The number of ether oxygens (including phenoxy) is 2. The predicted octanol–water partition coefficient (Wildman–Crippen LogP) is 5.47. The van der Waals surface area contributed by atoms with E-state index in [1.807, 2.05) is 43.3 Å². The Bertz CT molecular complexity index is 890. The van der Waals surface area contributed by atoms with Gasteiger partial charge in [0, 0.05) is 3.57 Å². The van der Waals surface area contributed by atoms with Crippen LogP contribution < -0.4 is 4.74 Å². The van der Waals surface area contributed by atoms with Crippen molar-refractivity contribution in [2.45, 2.75) is 26.4 Å². The summed E-state index contributed by atoms with van der Waals surface area (Å²) in [5.41, 5.74) is 1.69. The van der Waals surface area contributed by atoms with E-state index in [4.69, 9.17) is 21.1 Å². The number of carbonyl (C=O) groups excluding carboxylic acids is 1. The SMILES string of the molecule is CCC(C)Oc1ccc(/C=C2\N=C(c3cc(I)ccc3Cl)OC2=O)cc1. The Kier molecular flexibility index (Phi) is 5.98. The summed E-state index contributed by atoms with van der Waals surface area (Å²) in [4.78, 5) is 16.4. The van der Waals surface area contributed by atoms with E-state index in [0.29, 0.717) is 10.6 Å². The van der Waals surface area contributed by atoms with Crippen molar-refractivity contribution in [3.8, 4) is 5.75 Å². The maximum absolute atomic E-state index is 12.1. The molecular weight excluding hydrogens is 465 g/mol. The van der Waals surface area contributed by atoms with Crippen molar-refractivity contribution in [2.24, 2.45) is 4.99 Å². The van der Waals surface area contributed by atoms with Crippen LogP contribution in [0.5, 0.6) is 5.75 Å². The molecule has 0 amide bonds. The lowest BCUT2D eigenvalue weighted by atomic mass is 10.2. The first-order chi connectivity index (χ1) is 12.5. The maximum Gasteiger partial charge on any atom is 0.363 e. The van der Waals surface area contributed by atoms with Crippen LogP contribution in [-0.2, 0) is 9.53 Å². The number of carbonyl (C=O) groups is 1. The van der Waals surface area contributed by atoms with E-state index < -0.39 is 5.97 Å². The van der Waals surface area contributed by atoms with Crippen molar-refractivity contribution in [3.05, 3.63) is 67.9 Å². The van der Waals surface area contributed by atoms with Gasteiger partial charge in [0.25, 0.3) is 0 Å². The van der Waals surface area contributed by atoms with E-state index >= 15 is 0 Å². The third-order valence-corrected chi connectivity index (χ3v) is 4.88. The first-order valence-corrected chi connectivity index (χ1v) is 9.66. The summed E-state index contributed by atoms with van der Waals surface area (Å²) in [5, 5.41) is 0.491. The van der Waals surface area contributed by atoms with Gasteiger partial charge in [-0.3, -0.25) is 0 Å². The van der Waals surface area contributed by atoms with Gasteiger partial charge in [0.2, 0.25) is 5.90 Å². The lowest BCUT2D eigenvalue weighted by Crippen LogP contribution is -2.09. The van der Waals surface area contributed by atoms with Crippen LogP contribution in [-0.4, -0.2) is 18.0 Å². The van der Waals surface area contributed by atoms with Gasteiger partial charge in [-0.15, -0.1) is 0 Å². The van der Waals surface area contributed by atoms with Gasteiger partial charge in [-0.05, 0) is 77.9 Å². The minimum absolute atomic E-state index is 0.162. The number of aliphatic imine (C=N–C) groups is 1. The van der Waals surface area contributed by atoms with Crippen molar-refractivity contribution in [1.82, 2.24) is 0 Å². The first-order valence-electron chi connectivity index (χ1n) is 8.21. The highest BCUT2D eigenvalue weighted by Gasteiger charge is 2.25. The zero-order valence-electron chi connectivity index (χ0n) is 14.3. The van der Waals surface area contributed by atoms with Gasteiger partial charge < -0.3 is 9.47 Å². The van der Waals surface area contributed by atoms with E-state index in [0.717, 1.165) is 21.3 Å². The van der Waals surface area contributed by atoms with Gasteiger partial charge in [-0.2, -0.15) is 0 Å². The third-order valence-electron chi connectivity index (χ3n) is 3.87. The number of halogens is 2. The molecule has 0 aliphatic carbocycles. The molecule has 1 unspecified atom stereocenters. The van der Waals surface area contributed by atoms with Crippen LogP contribution in [0.4, 0.5) is 0 Å². The molecule has 2 aromatic carbocycles. The molecule has 1 aliphatic rings. The smallest absolute Gasteiger partial charge is 0.363 e. The molecule has 0 bridgehead atoms. The molecule has 6 heteroatoms. The fraction of sp³-hybridized carbons (Fsp3) is 0.200. The molecule has 3 rings (SSSR count). The quantitative estimate of drug-likeness (QED) is 0.323. The minimum Gasteiger partial charge on any atom is -0.491 e. The average Bonchev–Trinajstić information content (AvgIpc) is 2.99. The van der Waals surface area contributed by atoms with Crippen LogP contribution in [0.2, 0.25) is 5.02 Å². The zero-order valence-corrected chi connectivity index (χ0v) is 17.2. The first kappa shape index (κ1) is 18.9. The third kappa shape index (κ3) is 4.45. The molecule has 134 valence electrons. The van der Waals surface area contributed by atoms with Crippen molar-refractivity contribution in [3.63, 3.8) is 0 Å². The number of nitrogens with zero attached hydrogens (tertiary/aromatic N) is 1. The van der Waals surface area contributed by atoms with Gasteiger partial charge in [-0.1, -0.05) is 30.7 Å². The van der Waals surface area contributed by atoms with E-state index in [-0.39, 0.29) is 17.7 Å². The Labute approximate surface area is 171 Å². The van der Waals surface area contributed by atoms with Crippen LogP contribution in [0.25, 0.3) is 6.08 Å². The fourth-order valence-corrected chi connectivity index (χ4v) is 2.99. The lowest BCUT2D eigenvalue weighted by Gasteiger charge is -2.12. The molecule has 0 saturated carbocycles. The highest BCUT2D eigenvalue weighted by molar-refractivity contribution is 14.1. The molecule has 0 aromatic heterocycles. The molecule has 0 radical (unpaired) electrons. The normalized spacial score (nSPS) is 16.4. The van der Waals surface area contributed by atoms with Crippen molar-refractivity contribution < 1.29 is 14.3 Å². The lowest BCUT2D eigenvalue weighted by molar-refractivity contribution is -0.129. The van der Waals surface area contributed by atoms with Gasteiger partial charge in [0.1, 0.15) is 5.75 Å². The Balaban J connectivity index is 1.83. The summed E-state index contributed by atoms with van der Waals surface area (Å²) in [6.45, 7) is 4.10. The predicted molar refractivity (Wildman–Crippen MR) is 112 cm³/mol. The molecule has 0 saturated heterocycles. The molecule has 1 aliphatic heterocycles. The van der Waals surface area contributed by atoms with Crippen LogP contribution in [0.15, 0.2) is 53.2 Å². The van der Waals surface area contributed by atoms with E-state index in [9.17, 15) is 4.79 Å². The number of hydrogen-bond acceptors (Lipinski definition) is 4. The van der Waals surface area contributed by atoms with Crippen LogP contribution in [0, 0.1) is 3.57 Å². The maximum atomic E-state index is 12.1. The van der Waals surface area contributed by atoms with Crippen LogP contribution >= 0.6 is 34.2 Å². The van der Waals surface area contributed by atoms with Gasteiger partial charge in [-0.25, -0.2) is 9.79 Å². The second-order valence-corrected chi connectivity index (χ2v) is 7.52. The fourth-order valence-electron chi connectivity index (χ4n) is 2.30. The Morgan fingerprint density at radius 2 is 2.00 bits per heavy atom. The highest BCUT2D eigenvalue weighted by atomic mass is 127. The summed E-state index contributed by atoms with van der Waals surface area (Å²) in [6.07, 6.45) is 2.79. The molecule has 26 heavy (non-hydrogen) atoms. The van der Waals surface area contributed by atoms with Gasteiger partial charge in [0.15, 0.2) is 5.70 Å². The molecule has 0 spiro atoms. The second-order valence-electron chi connectivity index (χ2n) is 5.87. The number of cyclic esters (lactones) is 1. The Hall–Kier alpha value is -1.86. The number of hydrogen-bond donors (Lipinski definition) is 0. The van der Waals surface area contributed by atoms with E-state index in [1.165, 1.54) is 0 Å². The Morgan fingerprint density at radius 1 is 1.27 bits per heavy atom. The second kappa shape index (κ2) is 8.22. The van der Waals surface area contributed by atoms with Crippen LogP contribution in [0.1, 0.15) is 31.4 Å². The summed E-state index contributed by atoms with van der Waals surface area (Å²) in [5.74, 6) is 0.529. The van der Waals surface area contributed by atoms with E-state index in [1.54, 1.807) is 12.1 Å². The topological polar surface area (TPSA) is 47.9 Å². The molecular formula is C20H17ClINO3. The summed E-state index contributed by atoms with van der Waals surface area (Å²) < 4.78 is 12.0. The van der Waals surface area contributed by atoms with Gasteiger partial charge in [0.05, 0.1) is 16.7 Å². The summed E-state index contributed by atoms with van der Waals surface area (Å²) in [7, 11) is 0. The number of rotatable bonds is 5. The number of benzene rings is 2. The molecule has 2 aromatic rings. The average molecular weight is 482 g/mol. The standard InChI is InChI=1S/C20H17ClINO3/c1-3-12(2)25-15-7-4-13(5-8-15)10-18-20(24)26-19(23-18)16-11-14(22)6-9-17(16)21/h4-12H,3H2,1-2H3/b18-10-. The van der Waals surface area contributed by atoms with Crippen molar-refractivity contribution in [1.29, 1.82) is 0 Å². The summed E-state index contributed by atoms with van der Waals surface area (Å²) in [6, 6.07) is 13.0. The van der Waals surface area contributed by atoms with Gasteiger partial charge >= 0.3 is 5.97 Å². The zero-order chi connectivity index (χ0) is 18.7. The van der Waals surface area contributed by atoms with Crippen LogP contribution in [0.3, 0.4) is 0 Å². The highest BCUT2D eigenvalue weighted by Crippen LogP contribution is 2.25. The summed E-state index contributed by atoms with van der Waals surface area (Å²) >= 11 is 8.36. The molecule has 1 heterocycles. The minimum atomic E-state index is -0.491. The Morgan fingerprint density at radius 3 is 2.69 bits per heavy atom. The molecule has 0 fully saturated rings. The molecule has 4 nitrogen and oxygen atoms in total. The van der Waals surface area contributed by atoms with Crippen molar-refractivity contribution >= 4 is 52.1 Å².